The first kappa shape index (κ1) is 15.4. The molecule has 6 heteroatoms. The zero-order valence-corrected chi connectivity index (χ0v) is 13.2. The maximum Gasteiger partial charge on any atom is 0.344 e. The second-order valence-electron chi connectivity index (χ2n) is 5.82. The summed E-state index contributed by atoms with van der Waals surface area (Å²) in [5.74, 6) is -0.199. The first-order valence-corrected chi connectivity index (χ1v) is 7.91. The fourth-order valence-electron chi connectivity index (χ4n) is 2.94. The fourth-order valence-corrected chi connectivity index (χ4v) is 2.94. The van der Waals surface area contributed by atoms with Gasteiger partial charge in [-0.05, 0) is 23.6 Å². The molecule has 1 aliphatic heterocycles. The highest BCUT2D eigenvalue weighted by molar-refractivity contribution is 6.04. The number of benzene rings is 2. The van der Waals surface area contributed by atoms with Crippen LogP contribution in [0.5, 0.6) is 5.75 Å². The molecule has 0 aliphatic carbocycles. The number of hydrogen-bond acceptors (Lipinski definition) is 5. The normalized spacial score (nSPS) is 16.1. The second kappa shape index (κ2) is 6.07. The predicted molar refractivity (Wildman–Crippen MR) is 92.0 cm³/mol. The maximum absolute atomic E-state index is 12.5. The summed E-state index contributed by atoms with van der Waals surface area (Å²) < 4.78 is 10.7. The molecule has 25 heavy (non-hydrogen) atoms. The van der Waals surface area contributed by atoms with E-state index in [9.17, 15) is 14.7 Å². The van der Waals surface area contributed by atoms with Gasteiger partial charge in [0.15, 0.2) is 5.76 Å². The van der Waals surface area contributed by atoms with Gasteiger partial charge in [0.05, 0.1) is 23.8 Å². The van der Waals surface area contributed by atoms with Gasteiger partial charge in [-0.1, -0.05) is 30.3 Å². The number of ether oxygens (including phenoxy) is 1. The largest absolute Gasteiger partial charge is 0.491 e. The van der Waals surface area contributed by atoms with Crippen LogP contribution < -0.4 is 15.7 Å². The van der Waals surface area contributed by atoms with E-state index in [4.69, 9.17) is 9.15 Å². The van der Waals surface area contributed by atoms with E-state index in [1.165, 1.54) is 6.07 Å². The van der Waals surface area contributed by atoms with Crippen molar-refractivity contribution >= 4 is 22.4 Å². The van der Waals surface area contributed by atoms with Crippen molar-refractivity contribution in [2.45, 2.75) is 12.5 Å². The van der Waals surface area contributed by atoms with Crippen LogP contribution in [0.4, 0.5) is 5.69 Å². The molecular formula is C19H15NO5. The van der Waals surface area contributed by atoms with Crippen LogP contribution in [0.25, 0.3) is 10.8 Å². The molecule has 0 bridgehead atoms. The third-order valence-electron chi connectivity index (χ3n) is 4.18. The monoisotopic (exact) mass is 337 g/mol. The van der Waals surface area contributed by atoms with Crippen molar-refractivity contribution in [2.75, 3.05) is 11.9 Å². The Bertz CT molecular complexity index is 1020. The Morgan fingerprint density at radius 2 is 2.00 bits per heavy atom. The Morgan fingerprint density at radius 1 is 1.16 bits per heavy atom. The Hall–Kier alpha value is -3.12. The summed E-state index contributed by atoms with van der Waals surface area (Å²) in [5, 5.41) is 13.8. The van der Waals surface area contributed by atoms with Crippen LogP contribution in [0.15, 0.2) is 57.7 Å². The summed E-state index contributed by atoms with van der Waals surface area (Å²) in [5.41, 5.74) is 0.492. The van der Waals surface area contributed by atoms with Gasteiger partial charge in [-0.2, -0.15) is 0 Å². The summed E-state index contributed by atoms with van der Waals surface area (Å²) in [6.07, 6.45) is -0.122. The van der Waals surface area contributed by atoms with Crippen LogP contribution in [0, 0.1) is 0 Å². The molecule has 0 saturated carbocycles. The van der Waals surface area contributed by atoms with Gasteiger partial charge in [0, 0.05) is 12.0 Å². The molecular weight excluding hydrogens is 322 g/mol. The first-order chi connectivity index (χ1) is 12.1. The van der Waals surface area contributed by atoms with E-state index < -0.39 is 17.6 Å². The average molecular weight is 337 g/mol. The highest BCUT2D eigenvalue weighted by Gasteiger charge is 2.23. The smallest absolute Gasteiger partial charge is 0.344 e. The van der Waals surface area contributed by atoms with Crippen molar-refractivity contribution < 1.29 is 19.1 Å². The van der Waals surface area contributed by atoms with Crippen molar-refractivity contribution in [1.82, 2.24) is 0 Å². The van der Waals surface area contributed by atoms with Crippen molar-refractivity contribution in [3.8, 4) is 5.75 Å². The third kappa shape index (κ3) is 2.77. The van der Waals surface area contributed by atoms with Crippen LogP contribution >= 0.6 is 0 Å². The molecule has 1 aromatic heterocycles. The first-order valence-electron chi connectivity index (χ1n) is 7.91. The van der Waals surface area contributed by atoms with Gasteiger partial charge in [-0.3, -0.25) is 4.79 Å². The molecule has 1 amide bonds. The number of para-hydroxylation sites is 1. The van der Waals surface area contributed by atoms with E-state index >= 15 is 0 Å². The molecule has 1 atom stereocenters. The second-order valence-corrected chi connectivity index (χ2v) is 5.82. The van der Waals surface area contributed by atoms with E-state index in [1.54, 1.807) is 42.5 Å². The summed E-state index contributed by atoms with van der Waals surface area (Å²) in [4.78, 5) is 24.5. The molecule has 0 unspecified atom stereocenters. The Balaban J connectivity index is 1.70. The number of hydrogen-bond donors (Lipinski definition) is 2. The minimum atomic E-state index is -0.626. The molecule has 126 valence electrons. The number of carbonyl (C=O) groups is 1. The topological polar surface area (TPSA) is 88.8 Å². The van der Waals surface area contributed by atoms with Crippen LogP contribution in [0.1, 0.15) is 28.6 Å². The molecule has 0 spiro atoms. The standard InChI is InChI=1S/C19H15NO5/c21-15-8-9-24-17-13(15)6-3-7-14(17)20-18(22)16-10-11-4-1-2-5-12(11)19(23)25-16/h1-7,10,15,21H,8-9H2,(H,20,22)/t15-/m0/s1. The van der Waals surface area contributed by atoms with Gasteiger partial charge in [-0.25, -0.2) is 4.79 Å². The van der Waals surface area contributed by atoms with E-state index in [0.29, 0.717) is 40.8 Å². The van der Waals surface area contributed by atoms with Crippen LogP contribution in [-0.2, 0) is 0 Å². The van der Waals surface area contributed by atoms with Crippen molar-refractivity contribution in [2.24, 2.45) is 0 Å². The summed E-state index contributed by atoms with van der Waals surface area (Å²) in [6, 6.07) is 13.6. The molecule has 0 fully saturated rings. The lowest BCUT2D eigenvalue weighted by atomic mass is 10.0. The quantitative estimate of drug-likeness (QED) is 0.750. The van der Waals surface area contributed by atoms with Gasteiger partial charge in [0.1, 0.15) is 5.75 Å². The predicted octanol–water partition coefficient (Wildman–Crippen LogP) is 2.86. The molecule has 2 N–H and O–H groups in total. The Labute approximate surface area is 142 Å². The van der Waals surface area contributed by atoms with E-state index in [1.807, 2.05) is 0 Å². The molecule has 2 heterocycles. The van der Waals surface area contributed by atoms with Crippen LogP contribution in [0.3, 0.4) is 0 Å². The molecule has 0 saturated heterocycles. The number of anilines is 1. The van der Waals surface area contributed by atoms with Gasteiger partial charge < -0.3 is 19.6 Å². The Morgan fingerprint density at radius 3 is 2.88 bits per heavy atom. The van der Waals surface area contributed by atoms with Gasteiger partial charge in [0.25, 0.3) is 5.91 Å². The number of carbonyl (C=O) groups excluding carboxylic acids is 1. The molecule has 3 aromatic rings. The summed E-state index contributed by atoms with van der Waals surface area (Å²) in [7, 11) is 0. The highest BCUT2D eigenvalue weighted by atomic mass is 16.5. The lowest BCUT2D eigenvalue weighted by Crippen LogP contribution is -2.19. The lowest BCUT2D eigenvalue weighted by molar-refractivity contribution is 0.0988. The number of rotatable bonds is 2. The number of aliphatic hydroxyl groups is 1. The van der Waals surface area contributed by atoms with Crippen molar-refractivity contribution in [1.29, 1.82) is 0 Å². The molecule has 2 aromatic carbocycles. The van der Waals surface area contributed by atoms with Gasteiger partial charge in [-0.15, -0.1) is 0 Å². The van der Waals surface area contributed by atoms with Gasteiger partial charge in [0.2, 0.25) is 0 Å². The molecule has 0 radical (unpaired) electrons. The zero-order valence-electron chi connectivity index (χ0n) is 13.2. The number of amides is 1. The molecule has 4 rings (SSSR count). The third-order valence-corrected chi connectivity index (χ3v) is 4.18. The zero-order chi connectivity index (χ0) is 17.4. The number of nitrogens with one attached hydrogen (secondary N) is 1. The summed E-state index contributed by atoms with van der Waals surface area (Å²) >= 11 is 0. The average Bonchev–Trinajstić information content (AvgIpc) is 2.62. The highest BCUT2D eigenvalue weighted by Crippen LogP contribution is 2.37. The number of aliphatic hydroxyl groups excluding tert-OH is 1. The van der Waals surface area contributed by atoms with Gasteiger partial charge >= 0.3 is 5.63 Å². The number of fused-ring (bicyclic) bond motifs is 2. The van der Waals surface area contributed by atoms with Crippen LogP contribution in [-0.4, -0.2) is 17.6 Å². The minimum Gasteiger partial charge on any atom is -0.491 e. The molecule has 6 nitrogen and oxygen atoms in total. The summed E-state index contributed by atoms with van der Waals surface area (Å²) in [6.45, 7) is 0.367. The van der Waals surface area contributed by atoms with Crippen molar-refractivity contribution in [3.05, 3.63) is 70.3 Å². The minimum absolute atomic E-state index is 0.0855. The van der Waals surface area contributed by atoms with E-state index in [-0.39, 0.29) is 5.76 Å². The Kier molecular flexibility index (Phi) is 3.74. The fraction of sp³-hybridized carbons (Fsp3) is 0.158. The van der Waals surface area contributed by atoms with E-state index in [2.05, 4.69) is 5.32 Å². The maximum atomic E-state index is 12.5. The molecule has 1 aliphatic rings. The van der Waals surface area contributed by atoms with Crippen LogP contribution in [0.2, 0.25) is 0 Å². The van der Waals surface area contributed by atoms with Crippen molar-refractivity contribution in [3.63, 3.8) is 0 Å². The SMILES string of the molecule is O=C(Nc1cccc2c1OCC[C@@H]2O)c1cc2ccccc2c(=O)o1. The lowest BCUT2D eigenvalue weighted by Gasteiger charge is -2.24. The van der Waals surface area contributed by atoms with E-state index in [0.717, 1.165) is 0 Å².